The number of hydrogen-bond acceptors (Lipinski definition) is 5. The van der Waals surface area contributed by atoms with Crippen molar-refractivity contribution in [3.8, 4) is 0 Å². The smallest absolute Gasteiger partial charge is 0.272 e. The van der Waals surface area contributed by atoms with Crippen molar-refractivity contribution in [3.05, 3.63) is 17.8 Å². The van der Waals surface area contributed by atoms with Gasteiger partial charge in [-0.3, -0.25) is 4.79 Å². The van der Waals surface area contributed by atoms with E-state index in [9.17, 15) is 4.79 Å². The highest BCUT2D eigenvalue weighted by atomic mass is 16.5. The minimum Gasteiger partial charge on any atom is -0.379 e. The second-order valence-electron chi connectivity index (χ2n) is 4.22. The second kappa shape index (κ2) is 6.30. The van der Waals surface area contributed by atoms with Crippen LogP contribution in [0, 0.1) is 0 Å². The van der Waals surface area contributed by atoms with Gasteiger partial charge in [0.25, 0.3) is 5.91 Å². The molecule has 6 heteroatoms. The van der Waals surface area contributed by atoms with E-state index in [1.165, 1.54) is 0 Å². The first kappa shape index (κ1) is 12.8. The van der Waals surface area contributed by atoms with Crippen LogP contribution in [0.1, 0.15) is 30.3 Å². The van der Waals surface area contributed by atoms with Gasteiger partial charge >= 0.3 is 0 Å². The highest BCUT2D eigenvalue weighted by Gasteiger charge is 2.17. The zero-order valence-corrected chi connectivity index (χ0v) is 10.5. The number of nitrogens with zero attached hydrogens (tertiary/aromatic N) is 2. The Balaban J connectivity index is 1.91. The van der Waals surface area contributed by atoms with Crippen molar-refractivity contribution in [2.24, 2.45) is 0 Å². The molecule has 0 aliphatic carbocycles. The number of hydrogen-bond donors (Lipinski definition) is 2. The van der Waals surface area contributed by atoms with Gasteiger partial charge in [-0.2, -0.15) is 0 Å². The van der Waals surface area contributed by atoms with Crippen LogP contribution in [-0.2, 0) is 4.74 Å². The first-order valence-electron chi connectivity index (χ1n) is 6.26. The lowest BCUT2D eigenvalue weighted by atomic mass is 10.1. The molecule has 1 unspecified atom stereocenters. The number of carbonyl (C=O) groups is 1. The maximum Gasteiger partial charge on any atom is 0.272 e. The molecular weight excluding hydrogens is 232 g/mol. The summed E-state index contributed by atoms with van der Waals surface area (Å²) in [6.45, 7) is 4.11. The molecule has 1 aliphatic heterocycles. The normalized spacial score (nSPS) is 19.3. The van der Waals surface area contributed by atoms with E-state index >= 15 is 0 Å². The van der Waals surface area contributed by atoms with Gasteiger partial charge in [0.15, 0.2) is 5.69 Å². The number of ether oxygens (including phenoxy) is 1. The quantitative estimate of drug-likeness (QED) is 0.827. The molecule has 1 amide bonds. The minimum absolute atomic E-state index is 0.0847. The van der Waals surface area contributed by atoms with E-state index in [2.05, 4.69) is 20.8 Å². The summed E-state index contributed by atoms with van der Waals surface area (Å²) >= 11 is 0. The molecule has 2 N–H and O–H groups in total. The Morgan fingerprint density at radius 3 is 3.00 bits per heavy atom. The van der Waals surface area contributed by atoms with Crippen LogP contribution in [0.2, 0.25) is 0 Å². The molecule has 1 aromatic heterocycles. The summed E-state index contributed by atoms with van der Waals surface area (Å²) in [6.07, 6.45) is 1.94. The Bertz CT molecular complexity index is 388. The average Bonchev–Trinajstić information content (AvgIpc) is 2.41. The lowest BCUT2D eigenvalue weighted by Crippen LogP contribution is -2.40. The summed E-state index contributed by atoms with van der Waals surface area (Å²) in [6, 6.07) is 3.51. The van der Waals surface area contributed by atoms with E-state index in [4.69, 9.17) is 4.74 Å². The molecule has 1 aliphatic rings. The minimum atomic E-state index is -0.193. The summed E-state index contributed by atoms with van der Waals surface area (Å²) in [5, 5.41) is 13.8. The Labute approximate surface area is 106 Å². The van der Waals surface area contributed by atoms with Gasteiger partial charge in [0.2, 0.25) is 0 Å². The van der Waals surface area contributed by atoms with Crippen LogP contribution in [-0.4, -0.2) is 41.9 Å². The van der Waals surface area contributed by atoms with Crippen LogP contribution in [0.5, 0.6) is 0 Å². The molecule has 1 aromatic rings. The SMILES string of the molecule is CCNc1ccc(C(=O)NC2CCCOC2)nn1. The molecule has 1 atom stereocenters. The maximum absolute atomic E-state index is 11.9. The fourth-order valence-electron chi connectivity index (χ4n) is 1.84. The second-order valence-corrected chi connectivity index (χ2v) is 4.22. The van der Waals surface area contributed by atoms with E-state index < -0.39 is 0 Å². The topological polar surface area (TPSA) is 76.1 Å². The van der Waals surface area contributed by atoms with E-state index in [0.29, 0.717) is 18.1 Å². The first-order chi connectivity index (χ1) is 8.79. The third-order valence-electron chi connectivity index (χ3n) is 2.75. The number of nitrogens with one attached hydrogen (secondary N) is 2. The number of carbonyl (C=O) groups excluding carboxylic acids is 1. The van der Waals surface area contributed by atoms with Gasteiger partial charge in [0, 0.05) is 13.2 Å². The van der Waals surface area contributed by atoms with Crippen molar-refractivity contribution >= 4 is 11.7 Å². The standard InChI is InChI=1S/C12H18N4O2/c1-2-13-11-6-5-10(15-16-11)12(17)14-9-4-3-7-18-8-9/h5-6,9H,2-4,7-8H2,1H3,(H,13,16)(H,14,17). The molecule has 6 nitrogen and oxygen atoms in total. The molecule has 2 heterocycles. The molecule has 0 aromatic carbocycles. The molecule has 18 heavy (non-hydrogen) atoms. The fraction of sp³-hybridized carbons (Fsp3) is 0.583. The molecule has 98 valence electrons. The molecule has 2 rings (SSSR count). The molecule has 0 saturated carbocycles. The van der Waals surface area contributed by atoms with Crippen LogP contribution < -0.4 is 10.6 Å². The van der Waals surface area contributed by atoms with Gasteiger partial charge in [0.1, 0.15) is 5.82 Å². The van der Waals surface area contributed by atoms with E-state index in [-0.39, 0.29) is 11.9 Å². The zero-order valence-electron chi connectivity index (χ0n) is 10.5. The third kappa shape index (κ3) is 3.40. The summed E-state index contributed by atoms with van der Waals surface area (Å²) in [5.74, 6) is 0.482. The Kier molecular flexibility index (Phi) is 4.46. The van der Waals surface area contributed by atoms with E-state index in [0.717, 1.165) is 26.0 Å². The van der Waals surface area contributed by atoms with Crippen LogP contribution >= 0.6 is 0 Å². The Morgan fingerprint density at radius 1 is 1.50 bits per heavy atom. The van der Waals surface area contributed by atoms with Crippen molar-refractivity contribution in [1.29, 1.82) is 0 Å². The fourth-order valence-corrected chi connectivity index (χ4v) is 1.84. The Hall–Kier alpha value is -1.69. The Morgan fingerprint density at radius 2 is 2.39 bits per heavy atom. The van der Waals surface area contributed by atoms with Crippen LogP contribution in [0.25, 0.3) is 0 Å². The molecule has 0 radical (unpaired) electrons. The number of amides is 1. The van der Waals surface area contributed by atoms with Crippen molar-refractivity contribution in [1.82, 2.24) is 15.5 Å². The van der Waals surface area contributed by atoms with Crippen molar-refractivity contribution in [3.63, 3.8) is 0 Å². The lowest BCUT2D eigenvalue weighted by Gasteiger charge is -2.22. The first-order valence-corrected chi connectivity index (χ1v) is 6.26. The largest absolute Gasteiger partial charge is 0.379 e. The third-order valence-corrected chi connectivity index (χ3v) is 2.75. The van der Waals surface area contributed by atoms with Crippen LogP contribution in [0.4, 0.5) is 5.82 Å². The van der Waals surface area contributed by atoms with E-state index in [1.54, 1.807) is 12.1 Å². The number of aromatic nitrogens is 2. The van der Waals surface area contributed by atoms with Gasteiger partial charge in [-0.15, -0.1) is 10.2 Å². The average molecular weight is 250 g/mol. The summed E-state index contributed by atoms with van der Waals surface area (Å²) in [4.78, 5) is 11.9. The zero-order chi connectivity index (χ0) is 12.8. The highest BCUT2D eigenvalue weighted by molar-refractivity contribution is 5.92. The molecule has 1 fully saturated rings. The van der Waals surface area contributed by atoms with Gasteiger partial charge in [0.05, 0.1) is 12.6 Å². The lowest BCUT2D eigenvalue weighted by molar-refractivity contribution is 0.0621. The van der Waals surface area contributed by atoms with E-state index in [1.807, 2.05) is 6.92 Å². The van der Waals surface area contributed by atoms with Gasteiger partial charge in [-0.1, -0.05) is 0 Å². The monoisotopic (exact) mass is 250 g/mol. The summed E-state index contributed by atoms with van der Waals surface area (Å²) < 4.78 is 5.31. The molecule has 0 spiro atoms. The predicted octanol–water partition coefficient (Wildman–Crippen LogP) is 0.817. The highest BCUT2D eigenvalue weighted by Crippen LogP contribution is 2.07. The predicted molar refractivity (Wildman–Crippen MR) is 67.5 cm³/mol. The molecule has 1 saturated heterocycles. The number of rotatable bonds is 4. The summed E-state index contributed by atoms with van der Waals surface area (Å²) in [5.41, 5.74) is 0.335. The van der Waals surface area contributed by atoms with Crippen LogP contribution in [0.3, 0.4) is 0 Å². The molecule has 0 bridgehead atoms. The summed E-state index contributed by atoms with van der Waals surface area (Å²) in [7, 11) is 0. The van der Waals surface area contributed by atoms with Crippen molar-refractivity contribution in [2.75, 3.05) is 25.1 Å². The maximum atomic E-state index is 11.9. The van der Waals surface area contributed by atoms with Crippen molar-refractivity contribution in [2.45, 2.75) is 25.8 Å². The van der Waals surface area contributed by atoms with Gasteiger partial charge < -0.3 is 15.4 Å². The van der Waals surface area contributed by atoms with Crippen LogP contribution in [0.15, 0.2) is 12.1 Å². The van der Waals surface area contributed by atoms with Crippen molar-refractivity contribution < 1.29 is 9.53 Å². The van der Waals surface area contributed by atoms with Gasteiger partial charge in [-0.25, -0.2) is 0 Å². The van der Waals surface area contributed by atoms with Gasteiger partial charge in [-0.05, 0) is 31.9 Å². The molecular formula is C12H18N4O2. The number of anilines is 1.